The van der Waals surface area contributed by atoms with Crippen molar-refractivity contribution in [2.75, 3.05) is 0 Å². The summed E-state index contributed by atoms with van der Waals surface area (Å²) in [7, 11) is 0. The van der Waals surface area contributed by atoms with Gasteiger partial charge in [0.15, 0.2) is 0 Å². The standard InChI is InChI=1S/C13H20O3/c1-9(14)15-10-5-8-12(2)6-3-4-7-13(12)11(10)16-13/h10-11H,3-8H2,1-2H3/t10-,11-,12-,13-/m0/s1. The number of carbonyl (C=O) groups is 1. The highest BCUT2D eigenvalue weighted by Crippen LogP contribution is 2.65. The van der Waals surface area contributed by atoms with E-state index < -0.39 is 0 Å². The molecule has 0 aromatic heterocycles. The summed E-state index contributed by atoms with van der Waals surface area (Å²) >= 11 is 0. The minimum Gasteiger partial charge on any atom is -0.460 e. The van der Waals surface area contributed by atoms with Gasteiger partial charge < -0.3 is 9.47 Å². The van der Waals surface area contributed by atoms with E-state index in [0.29, 0.717) is 5.41 Å². The molecule has 2 aliphatic carbocycles. The lowest BCUT2D eigenvalue weighted by Crippen LogP contribution is -2.48. The first-order chi connectivity index (χ1) is 7.57. The number of esters is 1. The Morgan fingerprint density at radius 2 is 2.06 bits per heavy atom. The number of hydrogen-bond acceptors (Lipinski definition) is 3. The largest absolute Gasteiger partial charge is 0.460 e. The quantitative estimate of drug-likeness (QED) is 0.507. The van der Waals surface area contributed by atoms with Crippen molar-refractivity contribution in [2.24, 2.45) is 5.41 Å². The molecule has 3 fully saturated rings. The van der Waals surface area contributed by atoms with Crippen LogP contribution in [0.5, 0.6) is 0 Å². The SMILES string of the molecule is CC(=O)O[C@H]1CC[C@]2(C)CCCC[C@@]23O[C@@H]13. The zero-order valence-electron chi connectivity index (χ0n) is 10.1. The maximum atomic E-state index is 11.0. The van der Waals surface area contributed by atoms with Gasteiger partial charge >= 0.3 is 5.97 Å². The fourth-order valence-electron chi connectivity index (χ4n) is 3.95. The predicted molar refractivity (Wildman–Crippen MR) is 59.0 cm³/mol. The third kappa shape index (κ3) is 1.27. The van der Waals surface area contributed by atoms with Crippen molar-refractivity contribution in [3.05, 3.63) is 0 Å². The van der Waals surface area contributed by atoms with Crippen LogP contribution < -0.4 is 0 Å². The second kappa shape index (κ2) is 3.22. The van der Waals surface area contributed by atoms with Gasteiger partial charge in [-0.25, -0.2) is 0 Å². The third-order valence-electron chi connectivity index (χ3n) is 4.92. The number of rotatable bonds is 1. The maximum absolute atomic E-state index is 11.0. The van der Waals surface area contributed by atoms with E-state index in [0.717, 1.165) is 19.3 Å². The van der Waals surface area contributed by atoms with Crippen LogP contribution >= 0.6 is 0 Å². The van der Waals surface area contributed by atoms with Crippen LogP contribution in [-0.2, 0) is 14.3 Å². The summed E-state index contributed by atoms with van der Waals surface area (Å²) in [6.07, 6.45) is 7.34. The van der Waals surface area contributed by atoms with Crippen molar-refractivity contribution < 1.29 is 14.3 Å². The minimum atomic E-state index is -0.171. The molecule has 2 saturated carbocycles. The van der Waals surface area contributed by atoms with Gasteiger partial charge in [-0.2, -0.15) is 0 Å². The molecule has 0 bridgehead atoms. The Kier molecular flexibility index (Phi) is 2.13. The Balaban J connectivity index is 1.79. The smallest absolute Gasteiger partial charge is 0.302 e. The molecule has 0 aromatic rings. The number of carbonyl (C=O) groups excluding carboxylic acids is 1. The molecule has 1 spiro atoms. The van der Waals surface area contributed by atoms with Crippen molar-refractivity contribution in [1.82, 2.24) is 0 Å². The summed E-state index contributed by atoms with van der Waals surface area (Å²) in [4.78, 5) is 11.0. The van der Waals surface area contributed by atoms with Crippen molar-refractivity contribution in [3.8, 4) is 0 Å². The Morgan fingerprint density at radius 3 is 2.81 bits per heavy atom. The lowest BCUT2D eigenvalue weighted by Gasteiger charge is -2.44. The molecule has 1 saturated heterocycles. The van der Waals surface area contributed by atoms with Crippen LogP contribution in [0.3, 0.4) is 0 Å². The van der Waals surface area contributed by atoms with E-state index in [-0.39, 0.29) is 23.8 Å². The molecule has 1 aliphatic heterocycles. The summed E-state index contributed by atoms with van der Waals surface area (Å²) in [6, 6.07) is 0. The normalized spacial score (nSPS) is 50.1. The monoisotopic (exact) mass is 224 g/mol. The second-order valence-corrected chi connectivity index (χ2v) is 5.88. The topological polar surface area (TPSA) is 38.8 Å². The fourth-order valence-corrected chi connectivity index (χ4v) is 3.95. The number of ether oxygens (including phenoxy) is 2. The molecule has 4 atom stereocenters. The molecular formula is C13H20O3. The molecule has 0 unspecified atom stereocenters. The molecule has 0 amide bonds. The summed E-state index contributed by atoms with van der Waals surface area (Å²) in [5.41, 5.74) is 0.399. The lowest BCUT2D eigenvalue weighted by molar-refractivity contribution is -0.149. The Hall–Kier alpha value is -0.570. The first-order valence-electron chi connectivity index (χ1n) is 6.42. The molecule has 3 rings (SSSR count). The van der Waals surface area contributed by atoms with Gasteiger partial charge in [-0.15, -0.1) is 0 Å². The molecule has 3 aliphatic rings. The van der Waals surface area contributed by atoms with Gasteiger partial charge in [0.25, 0.3) is 0 Å². The van der Waals surface area contributed by atoms with E-state index in [1.54, 1.807) is 0 Å². The Bertz CT molecular complexity index is 327. The Labute approximate surface area is 96.5 Å². The average Bonchev–Trinajstić information content (AvgIpc) is 2.94. The Morgan fingerprint density at radius 1 is 1.31 bits per heavy atom. The van der Waals surface area contributed by atoms with Gasteiger partial charge in [0, 0.05) is 6.92 Å². The van der Waals surface area contributed by atoms with Crippen LogP contribution in [0.25, 0.3) is 0 Å². The summed E-state index contributed by atoms with van der Waals surface area (Å²) in [5, 5.41) is 0. The third-order valence-corrected chi connectivity index (χ3v) is 4.92. The zero-order chi connectivity index (χ0) is 11.4. The van der Waals surface area contributed by atoms with Crippen LogP contribution in [0.15, 0.2) is 0 Å². The summed E-state index contributed by atoms with van der Waals surface area (Å²) in [5.74, 6) is -0.171. The molecule has 3 nitrogen and oxygen atoms in total. The van der Waals surface area contributed by atoms with Crippen molar-refractivity contribution in [3.63, 3.8) is 0 Å². The van der Waals surface area contributed by atoms with Crippen LogP contribution in [0.2, 0.25) is 0 Å². The summed E-state index contributed by atoms with van der Waals surface area (Å²) in [6.45, 7) is 3.85. The fraction of sp³-hybridized carbons (Fsp3) is 0.923. The van der Waals surface area contributed by atoms with E-state index in [4.69, 9.17) is 9.47 Å². The minimum absolute atomic E-state index is 0.0173. The van der Waals surface area contributed by atoms with Gasteiger partial charge in [-0.3, -0.25) is 4.79 Å². The van der Waals surface area contributed by atoms with Crippen molar-refractivity contribution in [2.45, 2.75) is 70.2 Å². The van der Waals surface area contributed by atoms with Crippen LogP contribution in [0.4, 0.5) is 0 Å². The highest BCUT2D eigenvalue weighted by molar-refractivity contribution is 5.66. The highest BCUT2D eigenvalue weighted by Gasteiger charge is 2.72. The molecule has 0 N–H and O–H groups in total. The van der Waals surface area contributed by atoms with E-state index >= 15 is 0 Å². The summed E-state index contributed by atoms with van der Waals surface area (Å²) < 4.78 is 11.4. The molecule has 1 heterocycles. The highest BCUT2D eigenvalue weighted by atomic mass is 16.6. The molecule has 16 heavy (non-hydrogen) atoms. The van der Waals surface area contributed by atoms with Crippen LogP contribution in [0.1, 0.15) is 52.4 Å². The van der Waals surface area contributed by atoms with E-state index in [2.05, 4.69) is 6.92 Å². The average molecular weight is 224 g/mol. The van der Waals surface area contributed by atoms with Crippen molar-refractivity contribution >= 4 is 5.97 Å². The van der Waals surface area contributed by atoms with E-state index in [1.165, 1.54) is 26.2 Å². The van der Waals surface area contributed by atoms with Gasteiger partial charge in [0.1, 0.15) is 17.8 Å². The second-order valence-electron chi connectivity index (χ2n) is 5.88. The molecule has 3 heteroatoms. The van der Waals surface area contributed by atoms with Crippen LogP contribution in [-0.4, -0.2) is 23.8 Å². The first-order valence-corrected chi connectivity index (χ1v) is 6.42. The van der Waals surface area contributed by atoms with E-state index in [9.17, 15) is 4.79 Å². The first kappa shape index (κ1) is 10.6. The van der Waals surface area contributed by atoms with E-state index in [1.807, 2.05) is 0 Å². The zero-order valence-corrected chi connectivity index (χ0v) is 10.1. The lowest BCUT2D eigenvalue weighted by atomic mass is 9.59. The molecule has 90 valence electrons. The van der Waals surface area contributed by atoms with Crippen LogP contribution in [0, 0.1) is 5.41 Å². The van der Waals surface area contributed by atoms with Gasteiger partial charge in [-0.05, 0) is 31.1 Å². The van der Waals surface area contributed by atoms with Gasteiger partial charge in [0.2, 0.25) is 0 Å². The number of epoxide rings is 1. The molecule has 0 radical (unpaired) electrons. The molecular weight excluding hydrogens is 204 g/mol. The van der Waals surface area contributed by atoms with Crippen molar-refractivity contribution in [1.29, 1.82) is 0 Å². The predicted octanol–water partition coefficient (Wildman–Crippen LogP) is 2.43. The van der Waals surface area contributed by atoms with Gasteiger partial charge in [0.05, 0.1) is 0 Å². The number of hydrogen-bond donors (Lipinski definition) is 0. The van der Waals surface area contributed by atoms with Gasteiger partial charge in [-0.1, -0.05) is 19.8 Å². The maximum Gasteiger partial charge on any atom is 0.302 e. The molecule has 0 aromatic carbocycles.